The molecule has 2 N–H and O–H groups in total. The van der Waals surface area contributed by atoms with Gasteiger partial charge in [-0.3, -0.25) is 4.90 Å². The maximum absolute atomic E-state index is 14.0. The third-order valence-electron chi connectivity index (χ3n) is 6.27. The maximum Gasteiger partial charge on any atom is 0.182 e. The Morgan fingerprint density at radius 3 is 2.46 bits per heavy atom. The van der Waals surface area contributed by atoms with Crippen LogP contribution in [0.5, 0.6) is 23.0 Å². The maximum atomic E-state index is 14.0. The Kier molecular flexibility index (Phi) is 8.42. The van der Waals surface area contributed by atoms with Crippen LogP contribution in [0.15, 0.2) is 71.6 Å². The molecule has 0 spiro atoms. The molecular weight excluding hydrogens is 465 g/mol. The van der Waals surface area contributed by atoms with Crippen molar-refractivity contribution >= 4 is 11.8 Å². The first-order valence-corrected chi connectivity index (χ1v) is 12.9. The molecule has 0 bridgehead atoms. The fraction of sp³-hybridized carbons (Fsp3) is 0.357. The average Bonchev–Trinajstić information content (AvgIpc) is 3.32. The third-order valence-corrected chi connectivity index (χ3v) is 7.41. The molecule has 35 heavy (non-hydrogen) atoms. The Hall–Kier alpha value is -2.90. The number of benzene rings is 3. The van der Waals surface area contributed by atoms with Crippen LogP contribution >= 0.6 is 11.8 Å². The highest BCUT2D eigenvalue weighted by Gasteiger charge is 2.26. The molecule has 0 radical (unpaired) electrons. The zero-order valence-corrected chi connectivity index (χ0v) is 20.9. The molecular formula is C28H32FNO4S. The molecule has 2 aliphatic heterocycles. The van der Waals surface area contributed by atoms with Crippen LogP contribution in [0.25, 0.3) is 0 Å². The van der Waals surface area contributed by atoms with Gasteiger partial charge in [-0.2, -0.15) is 0 Å². The molecule has 3 aromatic carbocycles. The molecule has 0 amide bonds. The number of likely N-dealkylation sites (tertiary alicyclic amines) is 1. The number of nitrogens with zero attached hydrogens (tertiary/aromatic N) is 1. The molecule has 2 unspecified atom stereocenters. The van der Waals surface area contributed by atoms with Gasteiger partial charge in [0.25, 0.3) is 0 Å². The van der Waals surface area contributed by atoms with Crippen LogP contribution in [0.3, 0.4) is 0 Å². The quantitative estimate of drug-likeness (QED) is 0.434. The van der Waals surface area contributed by atoms with Crippen molar-refractivity contribution in [1.29, 1.82) is 0 Å². The number of thioether (sulfide) groups is 1. The van der Waals surface area contributed by atoms with E-state index in [1.807, 2.05) is 30.3 Å². The minimum absolute atomic E-state index is 0.152. The van der Waals surface area contributed by atoms with Crippen LogP contribution in [0, 0.1) is 11.7 Å². The zero-order valence-electron chi connectivity index (χ0n) is 20.1. The highest BCUT2D eigenvalue weighted by molar-refractivity contribution is 7.99. The second kappa shape index (κ2) is 11.7. The van der Waals surface area contributed by atoms with E-state index in [1.165, 1.54) is 24.2 Å². The Morgan fingerprint density at radius 2 is 1.83 bits per heavy atom. The van der Waals surface area contributed by atoms with Gasteiger partial charge in [0.2, 0.25) is 0 Å². The summed E-state index contributed by atoms with van der Waals surface area (Å²) in [7, 11) is 0. The summed E-state index contributed by atoms with van der Waals surface area (Å²) in [6, 6.07) is 20.0. The van der Waals surface area contributed by atoms with Gasteiger partial charge in [-0.1, -0.05) is 37.3 Å². The number of hydrogen-bond acceptors (Lipinski definition) is 6. The molecule has 0 aromatic heterocycles. The van der Waals surface area contributed by atoms with Gasteiger partial charge in [0.1, 0.15) is 30.0 Å². The number of aromatic hydroxyl groups is 2. The number of phenols is 2. The molecule has 0 aliphatic carbocycles. The van der Waals surface area contributed by atoms with E-state index in [0.717, 1.165) is 30.3 Å². The Morgan fingerprint density at radius 1 is 1.09 bits per heavy atom. The summed E-state index contributed by atoms with van der Waals surface area (Å²) in [6.07, 6.45) is 1.12. The first kappa shape index (κ1) is 25.2. The van der Waals surface area contributed by atoms with E-state index in [2.05, 4.69) is 18.7 Å². The molecule has 3 atom stereocenters. The lowest BCUT2D eigenvalue weighted by Crippen LogP contribution is -2.35. The molecule has 3 aromatic rings. The molecule has 0 saturated carbocycles. The summed E-state index contributed by atoms with van der Waals surface area (Å²) in [5, 5.41) is 18.1. The summed E-state index contributed by atoms with van der Waals surface area (Å²) in [6.45, 7) is 7.50. The highest BCUT2D eigenvalue weighted by atomic mass is 32.2. The molecule has 5 nitrogen and oxygen atoms in total. The molecule has 186 valence electrons. The smallest absolute Gasteiger partial charge is 0.182 e. The standard InChI is InChI=1S/C22H26FNO3S.C6H6O/c1-14-9-10-24(11-14)15(2)12-26-17-5-3-16(4-6-17)20-13-28-22-19(27-20)8-7-18(25)21(22)23;7-6-4-2-1-3-5-6/h3-8,14-15,20,25H,9-13H2,1-2H3;1-5,7H/t14?,15?,20-;/m1./s1. The van der Waals surface area contributed by atoms with E-state index in [9.17, 15) is 9.50 Å². The van der Waals surface area contributed by atoms with Crippen molar-refractivity contribution in [2.24, 2.45) is 5.92 Å². The lowest BCUT2D eigenvalue weighted by molar-refractivity contribution is 0.169. The van der Waals surface area contributed by atoms with Crippen LogP contribution in [-0.2, 0) is 0 Å². The molecule has 2 heterocycles. The van der Waals surface area contributed by atoms with Gasteiger partial charge in [-0.05, 0) is 67.8 Å². The first-order chi connectivity index (χ1) is 16.9. The Labute approximate surface area is 210 Å². The molecule has 5 rings (SSSR count). The van der Waals surface area contributed by atoms with E-state index in [-0.39, 0.29) is 11.9 Å². The second-order valence-electron chi connectivity index (χ2n) is 9.10. The minimum Gasteiger partial charge on any atom is -0.508 e. The van der Waals surface area contributed by atoms with Crippen molar-refractivity contribution in [2.75, 3.05) is 25.4 Å². The van der Waals surface area contributed by atoms with Crippen molar-refractivity contribution < 1.29 is 24.1 Å². The first-order valence-electron chi connectivity index (χ1n) is 11.9. The van der Waals surface area contributed by atoms with Gasteiger partial charge in [0.05, 0.1) is 4.90 Å². The van der Waals surface area contributed by atoms with Crippen molar-refractivity contribution in [2.45, 2.75) is 37.3 Å². The van der Waals surface area contributed by atoms with E-state index in [1.54, 1.807) is 30.3 Å². The van der Waals surface area contributed by atoms with Crippen LogP contribution < -0.4 is 9.47 Å². The van der Waals surface area contributed by atoms with Gasteiger partial charge in [0, 0.05) is 18.3 Å². The fourth-order valence-electron chi connectivity index (χ4n) is 4.16. The van der Waals surface area contributed by atoms with Crippen molar-refractivity contribution in [3.8, 4) is 23.0 Å². The summed E-state index contributed by atoms with van der Waals surface area (Å²) < 4.78 is 25.9. The SMILES string of the molecule is CC1CCN(C(C)COc2ccc([C@H]3CSc4c(ccc(O)c4F)O3)cc2)C1.Oc1ccccc1. The number of phenolic OH excluding ortho intramolecular Hbond substituents is 2. The number of ether oxygens (including phenoxy) is 2. The number of fused-ring (bicyclic) bond motifs is 1. The van der Waals surface area contributed by atoms with Crippen LogP contribution in [-0.4, -0.2) is 46.6 Å². The lowest BCUT2D eigenvalue weighted by atomic mass is 10.1. The van der Waals surface area contributed by atoms with Crippen LogP contribution in [0.4, 0.5) is 4.39 Å². The summed E-state index contributed by atoms with van der Waals surface area (Å²) in [5.41, 5.74) is 1.03. The lowest BCUT2D eigenvalue weighted by Gasteiger charge is -2.26. The van der Waals surface area contributed by atoms with Gasteiger partial charge in [-0.25, -0.2) is 4.39 Å². The van der Waals surface area contributed by atoms with Crippen molar-refractivity contribution in [3.05, 3.63) is 78.1 Å². The van der Waals surface area contributed by atoms with Gasteiger partial charge in [-0.15, -0.1) is 11.8 Å². The monoisotopic (exact) mass is 497 g/mol. The highest BCUT2D eigenvalue weighted by Crippen LogP contribution is 2.44. The van der Waals surface area contributed by atoms with Gasteiger partial charge < -0.3 is 19.7 Å². The number of para-hydroxylation sites is 1. The Bertz CT molecular complexity index is 1100. The van der Waals surface area contributed by atoms with Crippen LogP contribution in [0.2, 0.25) is 0 Å². The molecule has 1 fully saturated rings. The van der Waals surface area contributed by atoms with Crippen molar-refractivity contribution in [1.82, 2.24) is 4.90 Å². The normalized spacial score (nSPS) is 20.2. The second-order valence-corrected chi connectivity index (χ2v) is 10.1. The van der Waals surface area contributed by atoms with Crippen molar-refractivity contribution in [3.63, 3.8) is 0 Å². The summed E-state index contributed by atoms with van der Waals surface area (Å²) in [4.78, 5) is 2.86. The topological polar surface area (TPSA) is 62.2 Å². The van der Waals surface area contributed by atoms with E-state index in [4.69, 9.17) is 14.6 Å². The average molecular weight is 498 g/mol. The summed E-state index contributed by atoms with van der Waals surface area (Å²) in [5.74, 6) is 2.07. The molecule has 7 heteroatoms. The largest absolute Gasteiger partial charge is 0.508 e. The number of halogens is 1. The minimum atomic E-state index is -0.605. The number of rotatable bonds is 5. The zero-order chi connectivity index (χ0) is 24.8. The molecule has 2 aliphatic rings. The van der Waals surface area contributed by atoms with Gasteiger partial charge >= 0.3 is 0 Å². The molecule has 1 saturated heterocycles. The van der Waals surface area contributed by atoms with E-state index >= 15 is 0 Å². The fourth-order valence-corrected chi connectivity index (χ4v) is 5.23. The van der Waals surface area contributed by atoms with Gasteiger partial charge in [0.15, 0.2) is 11.6 Å². The predicted molar refractivity (Wildman–Crippen MR) is 137 cm³/mol. The predicted octanol–water partition coefficient (Wildman–Crippen LogP) is 6.26. The van der Waals surface area contributed by atoms with Crippen LogP contribution in [0.1, 0.15) is 31.9 Å². The van der Waals surface area contributed by atoms with E-state index in [0.29, 0.717) is 34.8 Å². The summed E-state index contributed by atoms with van der Waals surface area (Å²) >= 11 is 1.37. The number of hydrogen-bond donors (Lipinski definition) is 2. The Balaban J connectivity index is 0.000000356. The van der Waals surface area contributed by atoms with E-state index < -0.39 is 5.82 Å². The third kappa shape index (κ3) is 6.61.